The molecule has 208 valence electrons. The Morgan fingerprint density at radius 2 is 1.64 bits per heavy atom. The lowest BCUT2D eigenvalue weighted by molar-refractivity contribution is -0.127. The van der Waals surface area contributed by atoms with Gasteiger partial charge in [0.15, 0.2) is 11.5 Å². The summed E-state index contributed by atoms with van der Waals surface area (Å²) in [5.41, 5.74) is -0.235. The number of nitrogens with one attached hydrogen (secondary N) is 2. The van der Waals surface area contributed by atoms with Gasteiger partial charge in [-0.15, -0.1) is 11.3 Å². The van der Waals surface area contributed by atoms with E-state index in [9.17, 15) is 18.8 Å². The van der Waals surface area contributed by atoms with Crippen LogP contribution >= 0.6 is 11.3 Å². The normalized spacial score (nSPS) is 11.8. The van der Waals surface area contributed by atoms with Crippen LogP contribution in [0.4, 0.5) is 10.1 Å². The number of rotatable bonds is 10. The fraction of sp³-hybridized carbons (Fsp3) is 0.321. The predicted molar refractivity (Wildman–Crippen MR) is 147 cm³/mol. The Hall–Kier alpha value is -4.12. The summed E-state index contributed by atoms with van der Waals surface area (Å²) in [5.74, 6) is -1.41. The molecule has 3 rings (SSSR count). The first-order chi connectivity index (χ1) is 18.5. The summed E-state index contributed by atoms with van der Waals surface area (Å²) in [5, 5.41) is 7.24. The van der Waals surface area contributed by atoms with Gasteiger partial charge in [-0.1, -0.05) is 12.1 Å². The summed E-state index contributed by atoms with van der Waals surface area (Å²) < 4.78 is 30.8. The van der Waals surface area contributed by atoms with E-state index in [1.807, 2.05) is 0 Å². The van der Waals surface area contributed by atoms with Crippen molar-refractivity contribution >= 4 is 34.7 Å². The average Bonchev–Trinajstić information content (AvgIpc) is 3.43. The van der Waals surface area contributed by atoms with Gasteiger partial charge >= 0.3 is 0 Å². The van der Waals surface area contributed by atoms with E-state index in [-0.39, 0.29) is 17.2 Å². The van der Waals surface area contributed by atoms with Crippen molar-refractivity contribution in [2.24, 2.45) is 0 Å². The number of hydrogen-bond donors (Lipinski definition) is 2. The van der Waals surface area contributed by atoms with Gasteiger partial charge in [0.25, 0.3) is 5.91 Å². The lowest BCUT2D eigenvalue weighted by atomic mass is 9.99. The number of methoxy groups -OCH3 is 3. The van der Waals surface area contributed by atoms with E-state index in [0.717, 1.165) is 11.0 Å². The zero-order chi connectivity index (χ0) is 28.7. The summed E-state index contributed by atoms with van der Waals surface area (Å²) in [6.45, 7) is 4.95. The third-order valence-electron chi connectivity index (χ3n) is 5.51. The fourth-order valence-corrected chi connectivity index (χ4v) is 4.55. The number of thiophene rings is 1. The minimum Gasteiger partial charge on any atom is -0.493 e. The SMILES string of the molecule is COc1cc([C@@H](C(=O)NC(C)(C)C)N(C(=O)CNC(=O)c2cccs2)c2cccc(F)c2)cc(OC)c1OC. The Kier molecular flexibility index (Phi) is 9.52. The molecule has 0 fully saturated rings. The Morgan fingerprint density at radius 1 is 0.974 bits per heavy atom. The lowest BCUT2D eigenvalue weighted by Crippen LogP contribution is -2.51. The molecule has 0 spiro atoms. The van der Waals surface area contributed by atoms with Crippen LogP contribution in [0, 0.1) is 5.82 Å². The van der Waals surface area contributed by atoms with E-state index in [1.165, 1.54) is 50.9 Å². The van der Waals surface area contributed by atoms with E-state index in [0.29, 0.717) is 16.2 Å². The van der Waals surface area contributed by atoms with Gasteiger partial charge in [-0.2, -0.15) is 0 Å². The molecule has 1 aromatic heterocycles. The number of anilines is 1. The summed E-state index contributed by atoms with van der Waals surface area (Å²) in [6, 6.07) is 10.5. The van der Waals surface area contributed by atoms with E-state index < -0.39 is 41.7 Å². The van der Waals surface area contributed by atoms with Gasteiger partial charge in [0.05, 0.1) is 32.8 Å². The number of halogens is 1. The van der Waals surface area contributed by atoms with Crippen LogP contribution in [-0.4, -0.2) is 51.1 Å². The van der Waals surface area contributed by atoms with Crippen LogP contribution in [0.5, 0.6) is 17.2 Å². The van der Waals surface area contributed by atoms with Gasteiger partial charge in [-0.25, -0.2) is 4.39 Å². The maximum absolute atomic E-state index is 14.4. The number of benzene rings is 2. The number of nitrogens with zero attached hydrogens (tertiary/aromatic N) is 1. The van der Waals surface area contributed by atoms with Crippen molar-refractivity contribution in [3.05, 3.63) is 70.2 Å². The number of ether oxygens (including phenoxy) is 3. The van der Waals surface area contributed by atoms with E-state index >= 15 is 0 Å². The largest absolute Gasteiger partial charge is 0.493 e. The van der Waals surface area contributed by atoms with Crippen molar-refractivity contribution in [3.63, 3.8) is 0 Å². The first-order valence-electron chi connectivity index (χ1n) is 12.0. The Labute approximate surface area is 230 Å². The highest BCUT2D eigenvalue weighted by Gasteiger charge is 2.36. The van der Waals surface area contributed by atoms with Crippen molar-refractivity contribution in [3.8, 4) is 17.2 Å². The van der Waals surface area contributed by atoms with Crippen LogP contribution in [0.1, 0.15) is 42.0 Å². The zero-order valence-electron chi connectivity index (χ0n) is 22.7. The maximum atomic E-state index is 14.4. The maximum Gasteiger partial charge on any atom is 0.261 e. The standard InChI is InChI=1S/C28H32FN3O6S/c1-28(2,3)31-27(35)24(17-13-20(36-4)25(38-6)21(14-17)37-5)32(19-10-7-9-18(29)15-19)23(33)16-30-26(34)22-11-8-12-39-22/h7-15,24H,16H2,1-6H3,(H,30,34)(H,31,35)/t24-/m0/s1. The second-order valence-electron chi connectivity index (χ2n) is 9.50. The molecular formula is C28H32FN3O6S. The monoisotopic (exact) mass is 557 g/mol. The third kappa shape index (κ3) is 7.26. The Balaban J connectivity index is 2.16. The van der Waals surface area contributed by atoms with E-state index in [4.69, 9.17) is 14.2 Å². The molecule has 0 saturated carbocycles. The molecule has 0 radical (unpaired) electrons. The molecule has 2 aromatic carbocycles. The highest BCUT2D eigenvalue weighted by molar-refractivity contribution is 7.12. The van der Waals surface area contributed by atoms with Crippen LogP contribution in [0.25, 0.3) is 0 Å². The van der Waals surface area contributed by atoms with Crippen molar-refractivity contribution in [2.45, 2.75) is 32.4 Å². The second kappa shape index (κ2) is 12.6. The minimum absolute atomic E-state index is 0.119. The van der Waals surface area contributed by atoms with Crippen molar-refractivity contribution in [1.29, 1.82) is 0 Å². The van der Waals surface area contributed by atoms with E-state index in [1.54, 1.807) is 50.4 Å². The van der Waals surface area contributed by atoms with Crippen molar-refractivity contribution < 1.29 is 33.0 Å². The molecule has 11 heteroatoms. The van der Waals surface area contributed by atoms with Crippen LogP contribution in [0.15, 0.2) is 53.9 Å². The summed E-state index contributed by atoms with van der Waals surface area (Å²) >= 11 is 1.23. The van der Waals surface area contributed by atoms with Crippen LogP contribution < -0.4 is 29.7 Å². The third-order valence-corrected chi connectivity index (χ3v) is 6.38. The Morgan fingerprint density at radius 3 is 2.15 bits per heavy atom. The topological polar surface area (TPSA) is 106 Å². The molecule has 0 unspecified atom stereocenters. The van der Waals surface area contributed by atoms with Gasteiger partial charge < -0.3 is 24.8 Å². The molecule has 0 aliphatic rings. The summed E-state index contributed by atoms with van der Waals surface area (Å²) in [7, 11) is 4.31. The molecule has 3 aromatic rings. The highest BCUT2D eigenvalue weighted by Crippen LogP contribution is 2.41. The first-order valence-corrected chi connectivity index (χ1v) is 12.9. The van der Waals surface area contributed by atoms with E-state index in [2.05, 4.69) is 10.6 Å². The molecule has 3 amide bonds. The van der Waals surface area contributed by atoms with Crippen LogP contribution in [0.2, 0.25) is 0 Å². The first kappa shape index (κ1) is 29.4. The quantitative estimate of drug-likeness (QED) is 0.384. The van der Waals surface area contributed by atoms with Gasteiger partial charge in [-0.05, 0) is 68.1 Å². The molecule has 0 aliphatic heterocycles. The molecule has 0 saturated heterocycles. The average molecular weight is 558 g/mol. The molecule has 39 heavy (non-hydrogen) atoms. The Bertz CT molecular complexity index is 1300. The predicted octanol–water partition coefficient (Wildman–Crippen LogP) is 4.33. The van der Waals surface area contributed by atoms with Gasteiger partial charge in [0, 0.05) is 11.2 Å². The highest BCUT2D eigenvalue weighted by atomic mass is 32.1. The number of amides is 3. The van der Waals surface area contributed by atoms with Crippen molar-refractivity contribution in [2.75, 3.05) is 32.8 Å². The van der Waals surface area contributed by atoms with Crippen LogP contribution in [0.3, 0.4) is 0 Å². The molecule has 0 aliphatic carbocycles. The summed E-state index contributed by atoms with van der Waals surface area (Å²) in [4.78, 5) is 41.8. The lowest BCUT2D eigenvalue weighted by Gasteiger charge is -2.34. The second-order valence-corrected chi connectivity index (χ2v) is 10.5. The number of carbonyl (C=O) groups excluding carboxylic acids is 3. The van der Waals surface area contributed by atoms with Gasteiger partial charge in [0.2, 0.25) is 17.6 Å². The van der Waals surface area contributed by atoms with Gasteiger partial charge in [-0.3, -0.25) is 19.3 Å². The number of carbonyl (C=O) groups is 3. The molecule has 1 heterocycles. The van der Waals surface area contributed by atoms with Gasteiger partial charge in [0.1, 0.15) is 11.9 Å². The minimum atomic E-state index is -1.30. The molecule has 1 atom stereocenters. The smallest absolute Gasteiger partial charge is 0.261 e. The fourth-order valence-electron chi connectivity index (χ4n) is 3.91. The molecule has 2 N–H and O–H groups in total. The van der Waals surface area contributed by atoms with Crippen LogP contribution in [-0.2, 0) is 9.59 Å². The zero-order valence-corrected chi connectivity index (χ0v) is 23.5. The number of hydrogen-bond acceptors (Lipinski definition) is 7. The molecule has 0 bridgehead atoms. The molecular weight excluding hydrogens is 525 g/mol. The molecule has 9 nitrogen and oxygen atoms in total. The summed E-state index contributed by atoms with van der Waals surface area (Å²) in [6.07, 6.45) is 0. The van der Waals surface area contributed by atoms with Crippen molar-refractivity contribution in [1.82, 2.24) is 10.6 Å².